The van der Waals surface area contributed by atoms with E-state index in [1.807, 2.05) is 61.5 Å². The van der Waals surface area contributed by atoms with Crippen molar-refractivity contribution in [3.05, 3.63) is 71.4 Å². The Bertz CT molecular complexity index is 1220. The highest BCUT2D eigenvalue weighted by Crippen LogP contribution is 2.37. The van der Waals surface area contributed by atoms with Gasteiger partial charge in [-0.1, -0.05) is 30.3 Å². The quantitative estimate of drug-likeness (QED) is 0.498. The maximum atomic E-state index is 13.6. The van der Waals surface area contributed by atoms with Crippen LogP contribution in [-0.4, -0.2) is 24.1 Å². The number of hydrogen-bond acceptors (Lipinski definition) is 3. The Labute approximate surface area is 156 Å². The molecule has 0 unspecified atom stereocenters. The minimum Gasteiger partial charge on any atom is -0.497 e. The van der Waals surface area contributed by atoms with E-state index < -0.39 is 0 Å². The van der Waals surface area contributed by atoms with E-state index in [0.717, 1.165) is 51.0 Å². The van der Waals surface area contributed by atoms with Crippen molar-refractivity contribution < 1.29 is 14.3 Å². The smallest absolute Gasteiger partial charge is 0.196 e. The Kier molecular flexibility index (Phi) is 3.47. The van der Waals surface area contributed by atoms with Crippen molar-refractivity contribution in [1.29, 1.82) is 0 Å². The number of para-hydroxylation sites is 1. The SMILES string of the molecule is COc1ccc2c(C(=O)c3c(C)n4c5c(cccc35)OCC4)cccc2c1. The number of rotatable bonds is 3. The summed E-state index contributed by atoms with van der Waals surface area (Å²) in [5, 5.41) is 2.89. The first-order valence-corrected chi connectivity index (χ1v) is 9.05. The average Bonchev–Trinajstić information content (AvgIpc) is 3.00. The van der Waals surface area contributed by atoms with Gasteiger partial charge in [0.1, 0.15) is 18.1 Å². The van der Waals surface area contributed by atoms with Crippen LogP contribution in [0, 0.1) is 6.92 Å². The summed E-state index contributed by atoms with van der Waals surface area (Å²) in [5.74, 6) is 1.68. The molecule has 2 heterocycles. The van der Waals surface area contributed by atoms with Crippen LogP contribution in [0.1, 0.15) is 21.6 Å². The fourth-order valence-electron chi connectivity index (χ4n) is 4.15. The molecular formula is C23H19NO3. The van der Waals surface area contributed by atoms with Crippen molar-refractivity contribution in [1.82, 2.24) is 4.57 Å². The van der Waals surface area contributed by atoms with E-state index in [2.05, 4.69) is 4.57 Å². The Hall–Kier alpha value is -3.27. The van der Waals surface area contributed by atoms with Crippen LogP contribution in [0.25, 0.3) is 21.7 Å². The molecular weight excluding hydrogens is 338 g/mol. The van der Waals surface area contributed by atoms with Crippen LogP contribution in [0.15, 0.2) is 54.6 Å². The Balaban J connectivity index is 1.76. The van der Waals surface area contributed by atoms with Crippen LogP contribution >= 0.6 is 0 Å². The zero-order chi connectivity index (χ0) is 18.5. The van der Waals surface area contributed by atoms with Gasteiger partial charge < -0.3 is 14.0 Å². The third kappa shape index (κ3) is 2.26. The van der Waals surface area contributed by atoms with Crippen LogP contribution in [0.5, 0.6) is 11.5 Å². The lowest BCUT2D eigenvalue weighted by molar-refractivity contribution is 0.104. The molecule has 4 aromatic rings. The molecule has 1 aliphatic heterocycles. The average molecular weight is 357 g/mol. The van der Waals surface area contributed by atoms with Gasteiger partial charge in [-0.3, -0.25) is 4.79 Å². The molecule has 3 aromatic carbocycles. The number of ether oxygens (including phenoxy) is 2. The second-order valence-corrected chi connectivity index (χ2v) is 6.83. The third-order valence-corrected chi connectivity index (χ3v) is 5.44. The normalized spacial score (nSPS) is 13.0. The fraction of sp³-hybridized carbons (Fsp3) is 0.174. The summed E-state index contributed by atoms with van der Waals surface area (Å²) in [7, 11) is 1.65. The number of aromatic nitrogens is 1. The van der Waals surface area contributed by atoms with Gasteiger partial charge in [-0.15, -0.1) is 0 Å². The molecule has 134 valence electrons. The van der Waals surface area contributed by atoms with Crippen molar-refractivity contribution in [2.75, 3.05) is 13.7 Å². The van der Waals surface area contributed by atoms with E-state index >= 15 is 0 Å². The van der Waals surface area contributed by atoms with Crippen LogP contribution in [0.3, 0.4) is 0 Å². The van der Waals surface area contributed by atoms with Crippen molar-refractivity contribution in [2.45, 2.75) is 13.5 Å². The van der Waals surface area contributed by atoms with Crippen molar-refractivity contribution in [2.24, 2.45) is 0 Å². The molecule has 0 spiro atoms. The van der Waals surface area contributed by atoms with Gasteiger partial charge >= 0.3 is 0 Å². The van der Waals surface area contributed by atoms with Crippen LogP contribution in [0.2, 0.25) is 0 Å². The van der Waals surface area contributed by atoms with Crippen LogP contribution in [0.4, 0.5) is 0 Å². The van der Waals surface area contributed by atoms with E-state index in [1.165, 1.54) is 0 Å². The monoisotopic (exact) mass is 357 g/mol. The molecule has 27 heavy (non-hydrogen) atoms. The summed E-state index contributed by atoms with van der Waals surface area (Å²) < 4.78 is 13.3. The minimum absolute atomic E-state index is 0.0473. The molecule has 5 rings (SSSR count). The van der Waals surface area contributed by atoms with E-state index in [4.69, 9.17) is 9.47 Å². The fourth-order valence-corrected chi connectivity index (χ4v) is 4.15. The maximum absolute atomic E-state index is 13.6. The van der Waals surface area contributed by atoms with Gasteiger partial charge in [0.25, 0.3) is 0 Å². The third-order valence-electron chi connectivity index (χ3n) is 5.44. The summed E-state index contributed by atoms with van der Waals surface area (Å²) >= 11 is 0. The highest BCUT2D eigenvalue weighted by atomic mass is 16.5. The molecule has 0 saturated carbocycles. The highest BCUT2D eigenvalue weighted by molar-refractivity contribution is 6.22. The molecule has 0 amide bonds. The summed E-state index contributed by atoms with van der Waals surface area (Å²) in [6.07, 6.45) is 0. The minimum atomic E-state index is 0.0473. The molecule has 1 aliphatic rings. The Morgan fingerprint density at radius 2 is 1.93 bits per heavy atom. The van der Waals surface area contributed by atoms with E-state index in [0.29, 0.717) is 12.2 Å². The van der Waals surface area contributed by atoms with Gasteiger partial charge in [0.05, 0.1) is 24.7 Å². The van der Waals surface area contributed by atoms with Gasteiger partial charge in [0.15, 0.2) is 5.78 Å². The summed E-state index contributed by atoms with van der Waals surface area (Å²) in [5.41, 5.74) is 3.49. The molecule has 0 aliphatic carbocycles. The number of hydrogen-bond donors (Lipinski definition) is 0. The molecule has 0 fully saturated rings. The molecule has 4 heteroatoms. The van der Waals surface area contributed by atoms with Crippen molar-refractivity contribution in [3.63, 3.8) is 0 Å². The molecule has 4 nitrogen and oxygen atoms in total. The number of benzene rings is 3. The van der Waals surface area contributed by atoms with Gasteiger partial charge in [0.2, 0.25) is 0 Å². The zero-order valence-corrected chi connectivity index (χ0v) is 15.3. The van der Waals surface area contributed by atoms with Crippen molar-refractivity contribution >= 4 is 27.5 Å². The number of carbonyl (C=O) groups is 1. The second kappa shape index (κ2) is 5.88. The first-order valence-electron chi connectivity index (χ1n) is 9.05. The molecule has 0 atom stereocenters. The number of fused-ring (bicyclic) bond motifs is 1. The lowest BCUT2D eigenvalue weighted by Gasteiger charge is -2.17. The summed E-state index contributed by atoms with van der Waals surface area (Å²) in [6, 6.07) is 17.6. The topological polar surface area (TPSA) is 40.5 Å². The molecule has 0 N–H and O–H groups in total. The van der Waals surface area contributed by atoms with Gasteiger partial charge in [-0.2, -0.15) is 0 Å². The number of methoxy groups -OCH3 is 1. The van der Waals surface area contributed by atoms with E-state index in [1.54, 1.807) is 7.11 Å². The molecule has 0 bridgehead atoms. The molecule has 1 aromatic heterocycles. The summed E-state index contributed by atoms with van der Waals surface area (Å²) in [6.45, 7) is 3.42. The Morgan fingerprint density at radius 3 is 2.78 bits per heavy atom. The molecule has 0 saturated heterocycles. The van der Waals surface area contributed by atoms with Crippen LogP contribution < -0.4 is 9.47 Å². The predicted molar refractivity (Wildman–Crippen MR) is 106 cm³/mol. The lowest BCUT2D eigenvalue weighted by atomic mass is 9.95. The standard InChI is InChI=1S/C23H19NO3/c1-14-21(19-7-4-8-20-22(19)24(14)11-12-27-20)23(25)18-6-3-5-15-13-16(26-2)9-10-17(15)18/h3-10,13H,11-12H2,1-2H3. The van der Waals surface area contributed by atoms with Crippen molar-refractivity contribution in [3.8, 4) is 11.5 Å². The number of ketones is 1. The first kappa shape index (κ1) is 15.9. The highest BCUT2D eigenvalue weighted by Gasteiger charge is 2.25. The first-order chi connectivity index (χ1) is 13.2. The number of carbonyl (C=O) groups excluding carboxylic acids is 1. The maximum Gasteiger partial charge on any atom is 0.196 e. The lowest BCUT2D eigenvalue weighted by Crippen LogP contribution is -2.15. The van der Waals surface area contributed by atoms with Gasteiger partial charge in [0, 0.05) is 16.6 Å². The largest absolute Gasteiger partial charge is 0.497 e. The number of nitrogens with zero attached hydrogens (tertiary/aromatic N) is 1. The molecule has 0 radical (unpaired) electrons. The van der Waals surface area contributed by atoms with Gasteiger partial charge in [-0.05, 0) is 42.0 Å². The second-order valence-electron chi connectivity index (χ2n) is 6.83. The van der Waals surface area contributed by atoms with Gasteiger partial charge in [-0.25, -0.2) is 0 Å². The zero-order valence-electron chi connectivity index (χ0n) is 15.3. The van der Waals surface area contributed by atoms with Crippen LogP contribution in [-0.2, 0) is 6.54 Å². The van der Waals surface area contributed by atoms with E-state index in [9.17, 15) is 4.79 Å². The predicted octanol–water partition coefficient (Wildman–Crippen LogP) is 4.73. The summed E-state index contributed by atoms with van der Waals surface area (Å²) in [4.78, 5) is 13.6. The van der Waals surface area contributed by atoms with E-state index in [-0.39, 0.29) is 5.78 Å². The Morgan fingerprint density at radius 1 is 1.07 bits per heavy atom.